The van der Waals surface area contributed by atoms with Crippen LogP contribution in [0.5, 0.6) is 0 Å². The van der Waals surface area contributed by atoms with E-state index in [1.807, 2.05) is 42.5 Å². The van der Waals surface area contributed by atoms with Crippen molar-refractivity contribution in [3.63, 3.8) is 0 Å². The first-order valence-electron chi connectivity index (χ1n) is 15.9. The lowest BCUT2D eigenvalue weighted by atomic mass is 9.75. The van der Waals surface area contributed by atoms with Crippen LogP contribution >= 0.6 is 22.6 Å². The van der Waals surface area contributed by atoms with Gasteiger partial charge in [-0.15, -0.1) is 0 Å². The Morgan fingerprint density at radius 1 is 0.744 bits per heavy atom. The van der Waals surface area contributed by atoms with Crippen LogP contribution in [0.4, 0.5) is 0 Å². The highest BCUT2D eigenvalue weighted by molar-refractivity contribution is 14.1. The van der Waals surface area contributed by atoms with Gasteiger partial charge in [0.1, 0.15) is 18.3 Å². The molecule has 1 unspecified atom stereocenters. The molecule has 5 nitrogen and oxygen atoms in total. The zero-order valence-electron chi connectivity index (χ0n) is 25.7. The van der Waals surface area contributed by atoms with E-state index in [4.69, 9.17) is 23.7 Å². The second-order valence-electron chi connectivity index (χ2n) is 12.5. The Bertz CT molecular complexity index is 1190. The molecule has 0 bridgehead atoms. The molecule has 0 N–H and O–H groups in total. The van der Waals surface area contributed by atoms with E-state index in [2.05, 4.69) is 91.9 Å². The molecule has 6 heteroatoms. The Morgan fingerprint density at radius 3 is 1.84 bits per heavy atom. The van der Waals surface area contributed by atoms with Gasteiger partial charge in [-0.25, -0.2) is 0 Å². The first-order valence-corrected chi connectivity index (χ1v) is 17.1. The normalized spacial score (nSPS) is 29.5. The van der Waals surface area contributed by atoms with Crippen molar-refractivity contribution < 1.29 is 23.7 Å². The van der Waals surface area contributed by atoms with E-state index < -0.39 is 6.29 Å². The van der Waals surface area contributed by atoms with Crippen molar-refractivity contribution in [1.29, 1.82) is 0 Å². The Kier molecular flexibility index (Phi) is 12.5. The molecule has 1 saturated heterocycles. The number of hydrogen-bond acceptors (Lipinski definition) is 5. The highest BCUT2D eigenvalue weighted by Gasteiger charge is 2.48. The van der Waals surface area contributed by atoms with Gasteiger partial charge in [-0.2, -0.15) is 0 Å². The van der Waals surface area contributed by atoms with Gasteiger partial charge in [0.15, 0.2) is 6.29 Å². The van der Waals surface area contributed by atoms with Crippen molar-refractivity contribution in [2.24, 2.45) is 17.8 Å². The lowest BCUT2D eigenvalue weighted by molar-refractivity contribution is -0.289. The Morgan fingerprint density at radius 2 is 1.28 bits per heavy atom. The summed E-state index contributed by atoms with van der Waals surface area (Å²) < 4.78 is 33.4. The van der Waals surface area contributed by atoms with Gasteiger partial charge in [0.25, 0.3) is 0 Å². The fourth-order valence-corrected chi connectivity index (χ4v) is 7.30. The summed E-state index contributed by atoms with van der Waals surface area (Å²) in [5, 5.41) is 0. The molecule has 43 heavy (non-hydrogen) atoms. The van der Waals surface area contributed by atoms with Gasteiger partial charge in [-0.05, 0) is 47.3 Å². The molecule has 5 rings (SSSR count). The highest BCUT2D eigenvalue weighted by Crippen LogP contribution is 2.39. The van der Waals surface area contributed by atoms with Crippen LogP contribution in [0.15, 0.2) is 91.0 Å². The van der Waals surface area contributed by atoms with Crippen LogP contribution in [-0.2, 0) is 43.5 Å². The highest BCUT2D eigenvalue weighted by atomic mass is 127. The average molecular weight is 699 g/mol. The second-order valence-corrected chi connectivity index (χ2v) is 13.9. The smallest absolute Gasteiger partial charge is 0.172 e. The molecule has 1 aliphatic carbocycles. The van der Waals surface area contributed by atoms with Gasteiger partial charge in [-0.1, -0.05) is 141 Å². The minimum atomic E-state index is -0.417. The van der Waals surface area contributed by atoms with Gasteiger partial charge < -0.3 is 23.7 Å². The SMILES string of the molecule is CC(C)[C@@H]1CC[C@@H](C)CC1O[C@@H]1O[C@H](COCc2ccccc2)[C@@H](OCc2ccccc2)[C@H](OCc2ccccc2)[C@H]1I. The van der Waals surface area contributed by atoms with Crippen LogP contribution in [0, 0.1) is 17.8 Å². The third kappa shape index (κ3) is 9.35. The van der Waals surface area contributed by atoms with Crippen LogP contribution in [0.25, 0.3) is 0 Å². The average Bonchev–Trinajstić information content (AvgIpc) is 3.02. The zero-order chi connectivity index (χ0) is 30.0. The van der Waals surface area contributed by atoms with Crippen LogP contribution in [0.1, 0.15) is 56.7 Å². The summed E-state index contributed by atoms with van der Waals surface area (Å²) in [7, 11) is 0. The topological polar surface area (TPSA) is 46.2 Å². The van der Waals surface area contributed by atoms with Crippen molar-refractivity contribution in [2.45, 2.75) is 94.5 Å². The Balaban J connectivity index is 1.38. The summed E-state index contributed by atoms with van der Waals surface area (Å²) in [6, 6.07) is 30.9. The minimum absolute atomic E-state index is 0.0579. The maximum Gasteiger partial charge on any atom is 0.172 e. The van der Waals surface area contributed by atoms with Crippen molar-refractivity contribution >= 4 is 22.6 Å². The first kappa shape index (κ1) is 32.6. The van der Waals surface area contributed by atoms with E-state index in [1.165, 1.54) is 12.8 Å². The van der Waals surface area contributed by atoms with E-state index >= 15 is 0 Å². The molecule has 1 saturated carbocycles. The summed E-state index contributed by atoms with van der Waals surface area (Å²) in [4.78, 5) is 0. The summed E-state index contributed by atoms with van der Waals surface area (Å²) in [5.41, 5.74) is 3.38. The molecule has 0 amide bonds. The number of hydrogen-bond donors (Lipinski definition) is 0. The minimum Gasteiger partial charge on any atom is -0.374 e. The molecule has 1 aliphatic heterocycles. The molecule has 3 aromatic rings. The van der Waals surface area contributed by atoms with Crippen molar-refractivity contribution in [3.8, 4) is 0 Å². The molecule has 2 fully saturated rings. The standard InChI is InChI=1S/C37H47IO5/c1-26(2)31-20-19-27(3)21-32(31)42-37-34(38)36(41-24-30-17-11-6-12-18-30)35(40-23-29-15-9-5-10-16-29)33(43-37)25-39-22-28-13-7-4-8-14-28/h4-18,26-27,31-37H,19-25H2,1-3H3/t27-,31+,32?,33-,34-,35-,36-,37-/m1/s1. The molecule has 0 aromatic heterocycles. The zero-order valence-corrected chi connectivity index (χ0v) is 27.9. The number of ether oxygens (including phenoxy) is 5. The van der Waals surface area contributed by atoms with Gasteiger partial charge in [0.05, 0.1) is 36.5 Å². The van der Waals surface area contributed by atoms with Crippen molar-refractivity contribution in [3.05, 3.63) is 108 Å². The number of benzene rings is 3. The molecular formula is C37H47IO5. The van der Waals surface area contributed by atoms with Crippen LogP contribution in [0.3, 0.4) is 0 Å². The van der Waals surface area contributed by atoms with Crippen LogP contribution < -0.4 is 0 Å². The molecule has 232 valence electrons. The Hall–Kier alpha value is -1.81. The summed E-state index contributed by atoms with van der Waals surface area (Å²) in [5.74, 6) is 1.73. The van der Waals surface area contributed by atoms with Gasteiger partial charge in [0, 0.05) is 0 Å². The largest absolute Gasteiger partial charge is 0.374 e. The fraction of sp³-hybridized carbons (Fsp3) is 0.514. The predicted molar refractivity (Wildman–Crippen MR) is 179 cm³/mol. The predicted octanol–water partition coefficient (Wildman–Crippen LogP) is 8.38. The molecule has 3 aromatic carbocycles. The fourth-order valence-electron chi connectivity index (χ4n) is 6.35. The van der Waals surface area contributed by atoms with Crippen molar-refractivity contribution in [1.82, 2.24) is 0 Å². The van der Waals surface area contributed by atoms with Crippen LogP contribution in [0.2, 0.25) is 0 Å². The summed E-state index contributed by atoms with van der Waals surface area (Å²) >= 11 is 2.48. The number of rotatable bonds is 13. The van der Waals surface area contributed by atoms with Crippen LogP contribution in [-0.4, -0.2) is 41.2 Å². The lowest BCUT2D eigenvalue weighted by Gasteiger charge is -2.47. The van der Waals surface area contributed by atoms with Crippen molar-refractivity contribution in [2.75, 3.05) is 6.61 Å². The monoisotopic (exact) mass is 698 g/mol. The van der Waals surface area contributed by atoms with E-state index in [1.54, 1.807) is 0 Å². The summed E-state index contributed by atoms with van der Waals surface area (Å²) in [6.07, 6.45) is 2.35. The number of halogens is 1. The molecule has 0 radical (unpaired) electrons. The molecular weight excluding hydrogens is 651 g/mol. The van der Waals surface area contributed by atoms with Gasteiger partial charge in [0.2, 0.25) is 0 Å². The van der Waals surface area contributed by atoms with E-state index in [-0.39, 0.29) is 28.3 Å². The van der Waals surface area contributed by atoms with E-state index in [9.17, 15) is 0 Å². The maximum absolute atomic E-state index is 6.96. The maximum atomic E-state index is 6.96. The third-order valence-corrected chi connectivity index (χ3v) is 10.1. The van der Waals surface area contributed by atoms with E-state index in [0.29, 0.717) is 44.2 Å². The molecule has 0 spiro atoms. The Labute approximate surface area is 271 Å². The molecule has 8 atom stereocenters. The van der Waals surface area contributed by atoms with E-state index in [0.717, 1.165) is 23.1 Å². The summed E-state index contributed by atoms with van der Waals surface area (Å²) in [6.45, 7) is 8.85. The van der Waals surface area contributed by atoms with Gasteiger partial charge >= 0.3 is 0 Å². The molecule has 1 heterocycles. The molecule has 2 aliphatic rings. The number of alkyl halides is 1. The lowest BCUT2D eigenvalue weighted by Crippen LogP contribution is -2.60. The second kappa shape index (κ2) is 16.5. The van der Waals surface area contributed by atoms with Gasteiger partial charge in [-0.3, -0.25) is 0 Å². The third-order valence-electron chi connectivity index (χ3n) is 8.81. The first-order chi connectivity index (χ1) is 21.0. The quantitative estimate of drug-likeness (QED) is 0.133.